The van der Waals surface area contributed by atoms with Crippen molar-refractivity contribution >= 4 is 0 Å². The zero-order chi connectivity index (χ0) is 14.4. The molecule has 2 rings (SSSR count). The van der Waals surface area contributed by atoms with Crippen molar-refractivity contribution < 1.29 is 5.11 Å². The summed E-state index contributed by atoms with van der Waals surface area (Å²) in [7, 11) is 0. The molecule has 2 N–H and O–H groups in total. The van der Waals surface area contributed by atoms with E-state index in [9.17, 15) is 5.11 Å². The maximum atomic E-state index is 9.28. The van der Waals surface area contributed by atoms with Crippen LogP contribution >= 0.6 is 0 Å². The number of hydrogen-bond donors (Lipinski definition) is 2. The average Bonchev–Trinajstić information content (AvgIpc) is 2.47. The molecule has 1 fully saturated rings. The number of rotatable bonds is 5. The SMILES string of the molecule is CC(O)CNC1CCN(Cc2ccc(C#N)cc2)CC1. The highest BCUT2D eigenvalue weighted by atomic mass is 16.3. The van der Waals surface area contributed by atoms with Gasteiger partial charge >= 0.3 is 0 Å². The molecule has 1 aromatic carbocycles. The Morgan fingerprint density at radius 3 is 2.55 bits per heavy atom. The van der Waals surface area contributed by atoms with Gasteiger partial charge in [0.15, 0.2) is 0 Å². The van der Waals surface area contributed by atoms with Crippen molar-refractivity contribution in [2.24, 2.45) is 0 Å². The summed E-state index contributed by atoms with van der Waals surface area (Å²) >= 11 is 0. The Morgan fingerprint density at radius 1 is 1.35 bits per heavy atom. The summed E-state index contributed by atoms with van der Waals surface area (Å²) in [5, 5.41) is 21.5. The van der Waals surface area contributed by atoms with Crippen LogP contribution in [0.3, 0.4) is 0 Å². The first-order chi connectivity index (χ1) is 9.67. The summed E-state index contributed by atoms with van der Waals surface area (Å²) in [4.78, 5) is 2.45. The van der Waals surface area contributed by atoms with Gasteiger partial charge in [-0.1, -0.05) is 12.1 Å². The summed E-state index contributed by atoms with van der Waals surface area (Å²) < 4.78 is 0. The maximum Gasteiger partial charge on any atom is 0.0991 e. The molecule has 0 radical (unpaired) electrons. The summed E-state index contributed by atoms with van der Waals surface area (Å²) in [6.45, 7) is 5.61. The molecule has 4 nitrogen and oxygen atoms in total. The Morgan fingerprint density at radius 2 is 2.00 bits per heavy atom. The third-order valence-electron chi connectivity index (χ3n) is 3.78. The molecule has 1 aliphatic heterocycles. The fourth-order valence-corrected chi connectivity index (χ4v) is 2.58. The number of piperidine rings is 1. The third kappa shape index (κ3) is 4.61. The van der Waals surface area contributed by atoms with E-state index in [1.807, 2.05) is 31.2 Å². The second-order valence-electron chi connectivity index (χ2n) is 5.62. The molecule has 0 bridgehead atoms. The van der Waals surface area contributed by atoms with Crippen molar-refractivity contribution in [3.05, 3.63) is 35.4 Å². The zero-order valence-electron chi connectivity index (χ0n) is 12.0. The molecular formula is C16H23N3O. The van der Waals surface area contributed by atoms with Crippen LogP contribution in [0.5, 0.6) is 0 Å². The van der Waals surface area contributed by atoms with Crippen molar-refractivity contribution in [3.8, 4) is 6.07 Å². The molecule has 1 saturated heterocycles. The molecule has 108 valence electrons. The van der Waals surface area contributed by atoms with E-state index in [0.29, 0.717) is 12.6 Å². The molecular weight excluding hydrogens is 250 g/mol. The molecule has 0 aromatic heterocycles. The van der Waals surface area contributed by atoms with E-state index >= 15 is 0 Å². The Bertz CT molecular complexity index is 442. The molecule has 0 amide bonds. The molecule has 0 saturated carbocycles. The first-order valence-electron chi connectivity index (χ1n) is 7.30. The van der Waals surface area contributed by atoms with Crippen LogP contribution in [0, 0.1) is 11.3 Å². The summed E-state index contributed by atoms with van der Waals surface area (Å²) in [5.41, 5.74) is 1.98. The van der Waals surface area contributed by atoms with Crippen molar-refractivity contribution in [3.63, 3.8) is 0 Å². The smallest absolute Gasteiger partial charge is 0.0991 e. The van der Waals surface area contributed by atoms with Crippen LogP contribution in [0.15, 0.2) is 24.3 Å². The average molecular weight is 273 g/mol. The monoisotopic (exact) mass is 273 g/mol. The lowest BCUT2D eigenvalue weighted by Gasteiger charge is -2.32. The number of likely N-dealkylation sites (tertiary alicyclic amines) is 1. The van der Waals surface area contributed by atoms with E-state index in [2.05, 4.69) is 16.3 Å². The topological polar surface area (TPSA) is 59.3 Å². The second kappa shape index (κ2) is 7.39. The lowest BCUT2D eigenvalue weighted by molar-refractivity contribution is 0.159. The van der Waals surface area contributed by atoms with Crippen molar-refractivity contribution in [2.75, 3.05) is 19.6 Å². The predicted octanol–water partition coefficient (Wildman–Crippen LogP) is 1.49. The minimum absolute atomic E-state index is 0.272. The standard InChI is InChI=1S/C16H23N3O/c1-13(20)11-18-16-6-8-19(9-7-16)12-15-4-2-14(10-17)3-5-15/h2-5,13,16,18,20H,6-9,11-12H2,1H3. The minimum atomic E-state index is -0.272. The lowest BCUT2D eigenvalue weighted by Crippen LogP contribution is -2.43. The number of benzene rings is 1. The molecule has 1 aromatic rings. The van der Waals surface area contributed by atoms with Gasteiger partial charge in [-0.05, 0) is 50.6 Å². The summed E-state index contributed by atoms with van der Waals surface area (Å²) in [5.74, 6) is 0. The third-order valence-corrected chi connectivity index (χ3v) is 3.78. The van der Waals surface area contributed by atoms with E-state index in [4.69, 9.17) is 5.26 Å². The lowest BCUT2D eigenvalue weighted by atomic mass is 10.0. The van der Waals surface area contributed by atoms with E-state index in [1.54, 1.807) is 0 Å². The molecule has 1 heterocycles. The van der Waals surface area contributed by atoms with Crippen molar-refractivity contribution in [1.29, 1.82) is 5.26 Å². The van der Waals surface area contributed by atoms with E-state index in [0.717, 1.165) is 38.0 Å². The van der Waals surface area contributed by atoms with Crippen LogP contribution in [-0.4, -0.2) is 41.8 Å². The Labute approximate surface area is 121 Å². The van der Waals surface area contributed by atoms with Gasteiger partial charge in [0.05, 0.1) is 17.7 Å². The second-order valence-corrected chi connectivity index (χ2v) is 5.62. The van der Waals surface area contributed by atoms with Crippen LogP contribution in [-0.2, 0) is 6.54 Å². The molecule has 4 heteroatoms. The minimum Gasteiger partial charge on any atom is -0.392 e. The number of aliphatic hydroxyl groups is 1. The van der Waals surface area contributed by atoms with Crippen LogP contribution in [0.2, 0.25) is 0 Å². The normalized spacial score (nSPS) is 18.6. The highest BCUT2D eigenvalue weighted by molar-refractivity contribution is 5.31. The van der Waals surface area contributed by atoms with E-state index in [-0.39, 0.29) is 6.10 Å². The number of hydrogen-bond acceptors (Lipinski definition) is 4. The first-order valence-corrected chi connectivity index (χ1v) is 7.30. The van der Waals surface area contributed by atoms with Crippen LogP contribution in [0.4, 0.5) is 0 Å². The zero-order valence-corrected chi connectivity index (χ0v) is 12.0. The fourth-order valence-electron chi connectivity index (χ4n) is 2.58. The molecule has 1 unspecified atom stereocenters. The number of nitrogens with one attached hydrogen (secondary N) is 1. The predicted molar refractivity (Wildman–Crippen MR) is 79.1 cm³/mol. The maximum absolute atomic E-state index is 9.28. The number of nitriles is 1. The highest BCUT2D eigenvalue weighted by Gasteiger charge is 2.18. The van der Waals surface area contributed by atoms with Crippen LogP contribution in [0.1, 0.15) is 30.9 Å². The van der Waals surface area contributed by atoms with Gasteiger partial charge in [0.1, 0.15) is 0 Å². The number of nitrogens with zero attached hydrogens (tertiary/aromatic N) is 2. The van der Waals surface area contributed by atoms with Crippen molar-refractivity contribution in [1.82, 2.24) is 10.2 Å². The molecule has 0 aliphatic carbocycles. The summed E-state index contributed by atoms with van der Waals surface area (Å²) in [6.07, 6.45) is 1.98. The van der Waals surface area contributed by atoms with Gasteiger partial charge in [-0.25, -0.2) is 0 Å². The quantitative estimate of drug-likeness (QED) is 0.853. The van der Waals surface area contributed by atoms with Gasteiger partial charge in [0.25, 0.3) is 0 Å². The Balaban J connectivity index is 1.75. The van der Waals surface area contributed by atoms with Gasteiger partial charge in [-0.15, -0.1) is 0 Å². The summed E-state index contributed by atoms with van der Waals surface area (Å²) in [6, 6.07) is 10.5. The molecule has 1 aliphatic rings. The van der Waals surface area contributed by atoms with Gasteiger partial charge in [-0.3, -0.25) is 4.90 Å². The van der Waals surface area contributed by atoms with Gasteiger partial charge in [-0.2, -0.15) is 5.26 Å². The van der Waals surface area contributed by atoms with E-state index in [1.165, 1.54) is 5.56 Å². The highest BCUT2D eigenvalue weighted by Crippen LogP contribution is 2.14. The molecule has 20 heavy (non-hydrogen) atoms. The molecule has 1 atom stereocenters. The van der Waals surface area contributed by atoms with Crippen molar-refractivity contribution in [2.45, 2.75) is 38.5 Å². The Hall–Kier alpha value is -1.41. The fraction of sp³-hybridized carbons (Fsp3) is 0.562. The van der Waals surface area contributed by atoms with E-state index < -0.39 is 0 Å². The van der Waals surface area contributed by atoms with Gasteiger partial charge in [0, 0.05) is 19.1 Å². The first kappa shape index (κ1) is 15.0. The van der Waals surface area contributed by atoms with Crippen LogP contribution < -0.4 is 5.32 Å². The van der Waals surface area contributed by atoms with Crippen LogP contribution in [0.25, 0.3) is 0 Å². The van der Waals surface area contributed by atoms with Gasteiger partial charge in [0.2, 0.25) is 0 Å². The Kier molecular flexibility index (Phi) is 5.54. The largest absolute Gasteiger partial charge is 0.392 e. The molecule has 0 spiro atoms. The number of aliphatic hydroxyl groups excluding tert-OH is 1. The van der Waals surface area contributed by atoms with Gasteiger partial charge < -0.3 is 10.4 Å².